The number of nitrogens with zero attached hydrogens (tertiary/aromatic N) is 3. The number of aliphatic hydroxyl groups is 1. The van der Waals surface area contributed by atoms with Crippen LogP contribution in [0, 0.1) is 12.7 Å². The molecule has 1 aliphatic heterocycles. The number of benzene rings is 1. The molecule has 0 saturated carbocycles. The molecular weight excluding hydrogens is 397 g/mol. The lowest BCUT2D eigenvalue weighted by molar-refractivity contribution is 0.0917. The van der Waals surface area contributed by atoms with Crippen LogP contribution in [0.1, 0.15) is 60.0 Å². The van der Waals surface area contributed by atoms with Crippen LogP contribution in [-0.4, -0.2) is 64.7 Å². The van der Waals surface area contributed by atoms with Gasteiger partial charge in [-0.15, -0.1) is 0 Å². The fourth-order valence-corrected chi connectivity index (χ4v) is 3.75. The minimum atomic E-state index is -0.652. The average Bonchev–Trinajstić information content (AvgIpc) is 3.26. The summed E-state index contributed by atoms with van der Waals surface area (Å²) in [5, 5.41) is 15.5. The zero-order valence-corrected chi connectivity index (χ0v) is 18.5. The maximum atomic E-state index is 13.4. The van der Waals surface area contributed by atoms with Gasteiger partial charge in [0.2, 0.25) is 0 Å². The molecule has 3 N–H and O–H groups in total. The normalized spacial score (nSPS) is 16.2. The zero-order valence-electron chi connectivity index (χ0n) is 18.5. The number of likely N-dealkylation sites (tertiary alicyclic amines) is 1. The second-order valence-electron chi connectivity index (χ2n) is 8.20. The Balaban J connectivity index is 1.86. The predicted octanol–water partition coefficient (Wildman–Crippen LogP) is 2.69. The number of amides is 1. The van der Waals surface area contributed by atoms with E-state index >= 15 is 0 Å². The van der Waals surface area contributed by atoms with E-state index in [1.54, 1.807) is 26.0 Å². The number of nitrogens with one attached hydrogen (secondary N) is 2. The number of aryl methyl sites for hydroxylation is 1. The summed E-state index contributed by atoms with van der Waals surface area (Å²) >= 11 is 0. The van der Waals surface area contributed by atoms with Crippen molar-refractivity contribution in [2.75, 3.05) is 38.0 Å². The molecule has 2 atom stereocenters. The van der Waals surface area contributed by atoms with Crippen molar-refractivity contribution in [3.63, 3.8) is 0 Å². The van der Waals surface area contributed by atoms with Crippen LogP contribution < -0.4 is 10.6 Å². The van der Waals surface area contributed by atoms with Crippen LogP contribution in [0.3, 0.4) is 0 Å². The van der Waals surface area contributed by atoms with Crippen molar-refractivity contribution in [1.29, 1.82) is 0 Å². The van der Waals surface area contributed by atoms with Crippen LogP contribution >= 0.6 is 0 Å². The summed E-state index contributed by atoms with van der Waals surface area (Å²) in [5.41, 5.74) is 2.27. The van der Waals surface area contributed by atoms with Gasteiger partial charge in [-0.2, -0.15) is 0 Å². The molecule has 1 amide bonds. The highest BCUT2D eigenvalue weighted by Gasteiger charge is 2.22. The lowest BCUT2D eigenvalue weighted by Gasteiger charge is -2.20. The molecular formula is C23H32FN5O2. The monoisotopic (exact) mass is 429 g/mol. The van der Waals surface area contributed by atoms with Gasteiger partial charge in [-0.3, -0.25) is 4.79 Å². The largest absolute Gasteiger partial charge is 0.392 e. The molecule has 2 aromatic rings. The minimum absolute atomic E-state index is 0.138. The van der Waals surface area contributed by atoms with Crippen molar-refractivity contribution in [3.8, 4) is 0 Å². The smallest absolute Gasteiger partial charge is 0.271 e. The topological polar surface area (TPSA) is 90.4 Å². The summed E-state index contributed by atoms with van der Waals surface area (Å²) in [6.45, 7) is 9.35. The molecule has 31 heavy (non-hydrogen) atoms. The highest BCUT2D eigenvalue weighted by molar-refractivity contribution is 5.93. The number of aromatic nitrogens is 2. The molecule has 168 valence electrons. The second-order valence-corrected chi connectivity index (χ2v) is 8.20. The Kier molecular flexibility index (Phi) is 7.92. The average molecular weight is 430 g/mol. The summed E-state index contributed by atoms with van der Waals surface area (Å²) < 4.78 is 13.4. The van der Waals surface area contributed by atoms with Crippen LogP contribution in [0.15, 0.2) is 24.3 Å². The van der Waals surface area contributed by atoms with Crippen LogP contribution in [0.5, 0.6) is 0 Å². The van der Waals surface area contributed by atoms with Gasteiger partial charge in [-0.25, -0.2) is 14.4 Å². The van der Waals surface area contributed by atoms with Gasteiger partial charge in [0.05, 0.1) is 17.5 Å². The quantitative estimate of drug-likeness (QED) is 0.568. The van der Waals surface area contributed by atoms with E-state index in [9.17, 15) is 14.3 Å². The predicted molar refractivity (Wildman–Crippen MR) is 119 cm³/mol. The van der Waals surface area contributed by atoms with E-state index in [2.05, 4.69) is 25.5 Å². The SMILES string of the molecule is Cc1nc(NCCN2CCCC2)c(C(C)c2ccc(F)cc2)nc1C(=O)NCC(C)O. The van der Waals surface area contributed by atoms with E-state index in [1.807, 2.05) is 6.92 Å². The fraction of sp³-hybridized carbons (Fsp3) is 0.522. The third-order valence-electron chi connectivity index (χ3n) is 5.57. The van der Waals surface area contributed by atoms with Crippen LogP contribution in [0.2, 0.25) is 0 Å². The molecule has 7 nitrogen and oxygen atoms in total. The molecule has 0 bridgehead atoms. The van der Waals surface area contributed by atoms with Gasteiger partial charge < -0.3 is 20.6 Å². The molecule has 1 aromatic carbocycles. The van der Waals surface area contributed by atoms with Crippen molar-refractivity contribution in [2.45, 2.75) is 45.6 Å². The van der Waals surface area contributed by atoms with E-state index in [1.165, 1.54) is 25.0 Å². The van der Waals surface area contributed by atoms with Crippen molar-refractivity contribution in [3.05, 3.63) is 52.7 Å². The lowest BCUT2D eigenvalue weighted by atomic mass is 9.97. The third-order valence-corrected chi connectivity index (χ3v) is 5.57. The van der Waals surface area contributed by atoms with Crippen molar-refractivity contribution >= 4 is 11.7 Å². The number of aliphatic hydroxyl groups excluding tert-OH is 1. The molecule has 0 radical (unpaired) electrons. The first-order chi connectivity index (χ1) is 14.8. The van der Waals surface area contributed by atoms with E-state index in [0.29, 0.717) is 17.2 Å². The Hall–Kier alpha value is -2.58. The Labute approximate surface area is 183 Å². The number of rotatable bonds is 9. The molecule has 0 spiro atoms. The molecule has 0 aliphatic carbocycles. The van der Waals surface area contributed by atoms with Gasteiger partial charge in [0.15, 0.2) is 0 Å². The summed E-state index contributed by atoms with van der Waals surface area (Å²) in [4.78, 5) is 24.4. The van der Waals surface area contributed by atoms with Gasteiger partial charge >= 0.3 is 0 Å². The van der Waals surface area contributed by atoms with Crippen LogP contribution in [0.25, 0.3) is 0 Å². The highest BCUT2D eigenvalue weighted by atomic mass is 19.1. The number of hydrogen-bond donors (Lipinski definition) is 3. The number of carbonyl (C=O) groups is 1. The number of hydrogen-bond acceptors (Lipinski definition) is 6. The van der Waals surface area contributed by atoms with Gasteiger partial charge in [-0.05, 0) is 57.5 Å². The molecule has 1 fully saturated rings. The standard InChI is InChI=1S/C23H32FN5O2/c1-15(30)14-26-23(31)21-17(3)27-22(25-10-13-29-11-4-5-12-29)20(28-21)16(2)18-6-8-19(24)9-7-18/h6-9,15-16,30H,4-5,10-14H2,1-3H3,(H,25,27)(H,26,31). The molecule has 1 saturated heterocycles. The second kappa shape index (κ2) is 10.6. The first-order valence-corrected chi connectivity index (χ1v) is 10.9. The first-order valence-electron chi connectivity index (χ1n) is 10.9. The Morgan fingerprint density at radius 2 is 1.87 bits per heavy atom. The zero-order chi connectivity index (χ0) is 22.4. The van der Waals surface area contributed by atoms with Gasteiger partial charge in [0.25, 0.3) is 5.91 Å². The van der Waals surface area contributed by atoms with Gasteiger partial charge in [-0.1, -0.05) is 19.1 Å². The number of halogens is 1. The molecule has 1 aliphatic rings. The van der Waals surface area contributed by atoms with Gasteiger partial charge in [0, 0.05) is 25.6 Å². The minimum Gasteiger partial charge on any atom is -0.392 e. The summed E-state index contributed by atoms with van der Waals surface area (Å²) in [5.74, 6) is -0.220. The first kappa shape index (κ1) is 23.1. The van der Waals surface area contributed by atoms with Crippen molar-refractivity contribution < 1.29 is 14.3 Å². The van der Waals surface area contributed by atoms with Crippen LogP contribution in [-0.2, 0) is 0 Å². The maximum Gasteiger partial charge on any atom is 0.271 e. The fourth-order valence-electron chi connectivity index (χ4n) is 3.75. The summed E-state index contributed by atoms with van der Waals surface area (Å²) in [6.07, 6.45) is 1.82. The van der Waals surface area contributed by atoms with E-state index in [0.717, 1.165) is 31.7 Å². The van der Waals surface area contributed by atoms with E-state index in [-0.39, 0.29) is 29.9 Å². The number of anilines is 1. The molecule has 1 aromatic heterocycles. The lowest BCUT2D eigenvalue weighted by Crippen LogP contribution is -2.32. The Bertz CT molecular complexity index is 882. The van der Waals surface area contributed by atoms with E-state index in [4.69, 9.17) is 0 Å². The molecule has 2 heterocycles. The van der Waals surface area contributed by atoms with Crippen molar-refractivity contribution in [2.24, 2.45) is 0 Å². The summed E-state index contributed by atoms with van der Waals surface area (Å²) in [6, 6.07) is 6.29. The Morgan fingerprint density at radius 1 is 1.19 bits per heavy atom. The maximum absolute atomic E-state index is 13.4. The molecule has 3 rings (SSSR count). The molecule has 8 heteroatoms. The van der Waals surface area contributed by atoms with Gasteiger partial charge in [0.1, 0.15) is 17.3 Å². The van der Waals surface area contributed by atoms with Crippen molar-refractivity contribution in [1.82, 2.24) is 20.2 Å². The Morgan fingerprint density at radius 3 is 2.52 bits per heavy atom. The van der Waals surface area contributed by atoms with Crippen LogP contribution in [0.4, 0.5) is 10.2 Å². The summed E-state index contributed by atoms with van der Waals surface area (Å²) in [7, 11) is 0. The van der Waals surface area contributed by atoms with E-state index < -0.39 is 6.10 Å². The highest BCUT2D eigenvalue weighted by Crippen LogP contribution is 2.28. The molecule has 2 unspecified atom stereocenters. The third kappa shape index (κ3) is 6.21. The number of carbonyl (C=O) groups excluding carboxylic acids is 1.